The molecule has 1 saturated heterocycles. The Labute approximate surface area is 198 Å². The Morgan fingerprint density at radius 1 is 1.16 bits per heavy atom. The Bertz CT molecular complexity index is 1100. The Hall–Kier alpha value is -1.67. The number of rotatable bonds is 5. The van der Waals surface area contributed by atoms with E-state index in [1.165, 1.54) is 10.9 Å². The smallest absolute Gasteiger partial charge is 0.145 e. The van der Waals surface area contributed by atoms with Gasteiger partial charge in [-0.2, -0.15) is 0 Å². The normalized spacial score (nSPS) is 25.8. The van der Waals surface area contributed by atoms with E-state index in [1.54, 1.807) is 18.5 Å². The van der Waals surface area contributed by atoms with Crippen molar-refractivity contribution in [1.29, 1.82) is 0 Å². The summed E-state index contributed by atoms with van der Waals surface area (Å²) in [4.78, 5) is 4.74. The molecule has 0 aliphatic carbocycles. The predicted octanol–water partition coefficient (Wildman–Crippen LogP) is 2.81. The highest BCUT2D eigenvalue weighted by Gasteiger charge is 2.46. The molecule has 3 N–H and O–H groups in total. The lowest BCUT2D eigenvalue weighted by Gasteiger charge is -2.41. The monoisotopic (exact) mass is 548 g/mol. The van der Waals surface area contributed by atoms with Crippen molar-refractivity contribution in [3.63, 3.8) is 0 Å². The second-order valence-corrected chi connectivity index (χ2v) is 9.46. The van der Waals surface area contributed by atoms with Crippen LogP contribution in [0.15, 0.2) is 46.2 Å². The van der Waals surface area contributed by atoms with Gasteiger partial charge in [-0.15, -0.1) is 5.10 Å². The van der Waals surface area contributed by atoms with Crippen molar-refractivity contribution in [2.75, 3.05) is 6.61 Å². The number of aromatic nitrogens is 4. The molecule has 3 aromatic rings. The van der Waals surface area contributed by atoms with Gasteiger partial charge in [-0.1, -0.05) is 28.6 Å². The van der Waals surface area contributed by atoms with Crippen LogP contribution in [0.4, 0.5) is 8.78 Å². The molecule has 1 aliphatic heterocycles. The summed E-state index contributed by atoms with van der Waals surface area (Å²) >= 11 is 10.00. The lowest BCUT2D eigenvalue weighted by atomic mass is 9.97. The molecule has 0 amide bonds. The number of nitrogens with zero attached hydrogens (tertiary/aromatic N) is 4. The molecule has 170 valence electrons. The van der Waals surface area contributed by atoms with Crippen LogP contribution < -0.4 is 0 Å². The van der Waals surface area contributed by atoms with E-state index in [-0.39, 0.29) is 11.3 Å². The Morgan fingerprint density at radius 2 is 1.88 bits per heavy atom. The Balaban J connectivity index is 1.64. The summed E-state index contributed by atoms with van der Waals surface area (Å²) in [6.45, 7) is -0.507. The van der Waals surface area contributed by atoms with Gasteiger partial charge in [0.15, 0.2) is 0 Å². The maximum atomic E-state index is 13.8. The maximum Gasteiger partial charge on any atom is 0.145 e. The Morgan fingerprint density at radius 3 is 2.53 bits per heavy atom. The second-order valence-electron chi connectivity index (χ2n) is 6.99. The molecule has 4 rings (SSSR count). The first-order valence-electron chi connectivity index (χ1n) is 9.25. The third-order valence-corrected chi connectivity index (χ3v) is 6.79. The number of ether oxygens (including phenoxy) is 1. The van der Waals surface area contributed by atoms with E-state index in [4.69, 9.17) is 16.3 Å². The number of hydrogen-bond acceptors (Lipinski definition) is 8. The molecular formula is C19H16BrClF2N4O4S. The van der Waals surface area contributed by atoms with Gasteiger partial charge >= 0.3 is 0 Å². The molecule has 1 aliphatic rings. The van der Waals surface area contributed by atoms with Crippen LogP contribution >= 0.6 is 39.3 Å². The number of aliphatic hydroxyl groups is 3. The minimum absolute atomic E-state index is 0.0801. The average Bonchev–Trinajstić information content (AvgIpc) is 3.23. The van der Waals surface area contributed by atoms with Crippen LogP contribution in [0.25, 0.3) is 11.3 Å². The van der Waals surface area contributed by atoms with E-state index in [9.17, 15) is 24.1 Å². The molecule has 8 nitrogen and oxygen atoms in total. The fraction of sp³-hybridized carbons (Fsp3) is 0.316. The lowest BCUT2D eigenvalue weighted by Crippen LogP contribution is -2.55. The summed E-state index contributed by atoms with van der Waals surface area (Å²) < 4.78 is 35.3. The van der Waals surface area contributed by atoms with Crippen molar-refractivity contribution in [3.8, 4) is 11.3 Å². The quantitative estimate of drug-likeness (QED) is 0.417. The van der Waals surface area contributed by atoms with Gasteiger partial charge in [-0.05, 0) is 34.1 Å². The zero-order valence-corrected chi connectivity index (χ0v) is 19.2. The zero-order valence-electron chi connectivity index (χ0n) is 16.0. The molecule has 0 saturated carbocycles. The lowest BCUT2D eigenvalue weighted by molar-refractivity contribution is -0.178. The summed E-state index contributed by atoms with van der Waals surface area (Å²) in [6.07, 6.45) is 0.896. The van der Waals surface area contributed by atoms with Gasteiger partial charge in [0.25, 0.3) is 0 Å². The largest absolute Gasteiger partial charge is 0.394 e. The summed E-state index contributed by atoms with van der Waals surface area (Å²) in [5.41, 5.74) is -0.697. The van der Waals surface area contributed by atoms with Crippen molar-refractivity contribution in [1.82, 2.24) is 20.0 Å². The fourth-order valence-corrected chi connectivity index (χ4v) is 5.04. The van der Waals surface area contributed by atoms with E-state index >= 15 is 0 Å². The van der Waals surface area contributed by atoms with E-state index in [0.29, 0.717) is 4.90 Å². The van der Waals surface area contributed by atoms with Crippen molar-refractivity contribution >= 4 is 39.3 Å². The van der Waals surface area contributed by atoms with Crippen LogP contribution in [-0.4, -0.2) is 65.7 Å². The second kappa shape index (κ2) is 9.67. The minimum Gasteiger partial charge on any atom is -0.394 e. The van der Waals surface area contributed by atoms with E-state index in [1.807, 2.05) is 0 Å². The van der Waals surface area contributed by atoms with Gasteiger partial charge in [0.2, 0.25) is 0 Å². The van der Waals surface area contributed by atoms with Crippen molar-refractivity contribution < 1.29 is 28.8 Å². The van der Waals surface area contributed by atoms with Gasteiger partial charge < -0.3 is 20.1 Å². The minimum atomic E-state index is -1.33. The molecule has 0 radical (unpaired) electrons. The summed E-state index contributed by atoms with van der Waals surface area (Å²) in [6, 6.07) is 2.73. The molecule has 13 heteroatoms. The van der Waals surface area contributed by atoms with Crippen molar-refractivity contribution in [2.45, 2.75) is 34.7 Å². The molecule has 32 heavy (non-hydrogen) atoms. The number of aliphatic hydroxyl groups excluding tert-OH is 3. The third-order valence-electron chi connectivity index (χ3n) is 4.88. The summed E-state index contributed by atoms with van der Waals surface area (Å²) in [7, 11) is 0. The van der Waals surface area contributed by atoms with Crippen LogP contribution in [-0.2, 0) is 4.74 Å². The number of benzene rings is 1. The van der Waals surface area contributed by atoms with Gasteiger partial charge in [0, 0.05) is 27.3 Å². The SMILES string of the molecule is OC[C@H]1O[C@H](Sc2cncc(Br)c2)[C@H](O)[C@@H](n2cc(-c3cc(F)c(Cl)c(F)c3)nn2)[C@H]1O. The van der Waals surface area contributed by atoms with E-state index in [0.717, 1.165) is 28.4 Å². The van der Waals surface area contributed by atoms with E-state index < -0.39 is 53.1 Å². The highest BCUT2D eigenvalue weighted by atomic mass is 79.9. The van der Waals surface area contributed by atoms with Crippen LogP contribution in [0.1, 0.15) is 6.04 Å². The van der Waals surface area contributed by atoms with Crippen LogP contribution in [0.2, 0.25) is 5.02 Å². The number of hydrogen-bond donors (Lipinski definition) is 3. The van der Waals surface area contributed by atoms with Crippen LogP contribution in [0.5, 0.6) is 0 Å². The molecule has 2 aromatic heterocycles. The summed E-state index contributed by atoms with van der Waals surface area (Å²) in [5, 5.41) is 38.5. The predicted molar refractivity (Wildman–Crippen MR) is 115 cm³/mol. The van der Waals surface area contributed by atoms with Gasteiger partial charge in [0.1, 0.15) is 52.1 Å². The molecular weight excluding hydrogens is 534 g/mol. The Kier molecular flexibility index (Phi) is 7.10. The maximum absolute atomic E-state index is 13.8. The molecule has 0 spiro atoms. The van der Waals surface area contributed by atoms with Gasteiger partial charge in [-0.25, -0.2) is 13.5 Å². The summed E-state index contributed by atoms with van der Waals surface area (Å²) in [5.74, 6) is -1.91. The standard InChI is InChI=1S/C19H16BrClF2N4O4S/c20-9-3-10(5-24-4-9)32-19-18(30)16(17(29)14(7-28)31-19)27-6-13(25-26-27)8-1-11(22)15(21)12(23)2-8/h1-6,14,16-19,28-30H,7H2/t14-,16+,17+,18-,19-/m1/s1. The molecule has 3 heterocycles. The topological polar surface area (TPSA) is 114 Å². The van der Waals surface area contributed by atoms with E-state index in [2.05, 4.69) is 31.2 Å². The number of pyridine rings is 1. The molecule has 1 aromatic carbocycles. The zero-order chi connectivity index (χ0) is 23.0. The van der Waals surface area contributed by atoms with Gasteiger partial charge in [0.05, 0.1) is 12.8 Å². The molecule has 5 atom stereocenters. The number of halogens is 4. The highest BCUT2D eigenvalue weighted by Crippen LogP contribution is 2.38. The first-order chi connectivity index (χ1) is 15.3. The first kappa shape index (κ1) is 23.5. The first-order valence-corrected chi connectivity index (χ1v) is 11.3. The van der Waals surface area contributed by atoms with Crippen molar-refractivity contribution in [3.05, 3.63) is 57.9 Å². The van der Waals surface area contributed by atoms with Crippen LogP contribution in [0.3, 0.4) is 0 Å². The van der Waals surface area contributed by atoms with Gasteiger partial charge in [-0.3, -0.25) is 4.98 Å². The molecule has 0 unspecified atom stereocenters. The third kappa shape index (κ3) is 4.67. The van der Waals surface area contributed by atoms with Crippen molar-refractivity contribution in [2.24, 2.45) is 0 Å². The molecule has 1 fully saturated rings. The number of thioether (sulfide) groups is 1. The average molecular weight is 550 g/mol. The molecule has 0 bridgehead atoms. The highest BCUT2D eigenvalue weighted by molar-refractivity contribution is 9.10. The fourth-order valence-electron chi connectivity index (χ4n) is 3.33. The van der Waals surface area contributed by atoms with Crippen LogP contribution in [0, 0.1) is 11.6 Å².